The summed E-state index contributed by atoms with van der Waals surface area (Å²) >= 11 is 6.14. The number of methoxy groups -OCH3 is 2. The van der Waals surface area contributed by atoms with Crippen LogP contribution >= 0.6 is 11.6 Å². The molecule has 1 aliphatic rings. The van der Waals surface area contributed by atoms with Crippen molar-refractivity contribution in [1.29, 1.82) is 0 Å². The Morgan fingerprint density at radius 3 is 2.33 bits per heavy atom. The van der Waals surface area contributed by atoms with Gasteiger partial charge in [-0.1, -0.05) is 18.5 Å². The molecule has 1 unspecified atom stereocenters. The smallest absolute Gasteiger partial charge is 0.167 e. The van der Waals surface area contributed by atoms with Gasteiger partial charge >= 0.3 is 0 Å². The Bertz CT molecular complexity index is 466. The van der Waals surface area contributed by atoms with E-state index >= 15 is 0 Å². The van der Waals surface area contributed by atoms with Crippen LogP contribution in [0.1, 0.15) is 30.1 Å². The molecular formula is C14H17ClO3. The monoisotopic (exact) mass is 268 g/mol. The van der Waals surface area contributed by atoms with E-state index in [1.54, 1.807) is 26.4 Å². The lowest BCUT2D eigenvalue weighted by Crippen LogP contribution is -2.14. The standard InChI is InChI=1S/C14H17ClO3/c1-8(9-4-5-9)14(16)10-6-12(17-2)13(18-3)7-11(10)15/h6-9H,4-5H2,1-3H3. The maximum atomic E-state index is 12.3. The molecule has 98 valence electrons. The van der Waals surface area contributed by atoms with Crippen LogP contribution in [-0.4, -0.2) is 20.0 Å². The van der Waals surface area contributed by atoms with E-state index in [2.05, 4.69) is 0 Å². The highest BCUT2D eigenvalue weighted by Crippen LogP contribution is 2.40. The summed E-state index contributed by atoms with van der Waals surface area (Å²) in [5, 5.41) is 0.421. The maximum Gasteiger partial charge on any atom is 0.167 e. The van der Waals surface area contributed by atoms with Crippen molar-refractivity contribution in [1.82, 2.24) is 0 Å². The van der Waals surface area contributed by atoms with E-state index < -0.39 is 0 Å². The Morgan fingerprint density at radius 1 is 1.28 bits per heavy atom. The number of carbonyl (C=O) groups excluding carboxylic acids is 1. The normalized spacial score (nSPS) is 16.2. The van der Waals surface area contributed by atoms with Crippen molar-refractivity contribution in [2.45, 2.75) is 19.8 Å². The van der Waals surface area contributed by atoms with Gasteiger partial charge in [0.15, 0.2) is 17.3 Å². The lowest BCUT2D eigenvalue weighted by atomic mass is 9.95. The first-order valence-corrected chi connectivity index (χ1v) is 6.42. The molecule has 1 aromatic carbocycles. The zero-order chi connectivity index (χ0) is 13.3. The topological polar surface area (TPSA) is 35.5 Å². The van der Waals surface area contributed by atoms with E-state index in [9.17, 15) is 4.79 Å². The molecule has 1 aliphatic carbocycles. The highest BCUT2D eigenvalue weighted by atomic mass is 35.5. The average molecular weight is 269 g/mol. The molecule has 1 aromatic rings. The number of ketones is 1. The molecule has 0 amide bonds. The third-order valence-electron chi connectivity index (χ3n) is 3.48. The Morgan fingerprint density at radius 2 is 1.83 bits per heavy atom. The summed E-state index contributed by atoms with van der Waals surface area (Å²) in [6, 6.07) is 3.30. The first-order chi connectivity index (χ1) is 8.58. The minimum atomic E-state index is 0.0283. The van der Waals surface area contributed by atoms with Crippen LogP contribution in [-0.2, 0) is 0 Å². The molecular weight excluding hydrogens is 252 g/mol. The van der Waals surface area contributed by atoms with Gasteiger partial charge in [-0.2, -0.15) is 0 Å². The van der Waals surface area contributed by atoms with Crippen LogP contribution < -0.4 is 9.47 Å². The van der Waals surface area contributed by atoms with Crippen molar-refractivity contribution in [2.75, 3.05) is 14.2 Å². The largest absolute Gasteiger partial charge is 0.493 e. The number of halogens is 1. The molecule has 4 heteroatoms. The number of ether oxygens (including phenoxy) is 2. The minimum Gasteiger partial charge on any atom is -0.493 e. The molecule has 0 radical (unpaired) electrons. The van der Waals surface area contributed by atoms with E-state index in [4.69, 9.17) is 21.1 Å². The van der Waals surface area contributed by atoms with Gasteiger partial charge in [0.25, 0.3) is 0 Å². The second-order valence-corrected chi connectivity index (χ2v) is 5.08. The zero-order valence-electron chi connectivity index (χ0n) is 10.8. The first-order valence-electron chi connectivity index (χ1n) is 6.04. The lowest BCUT2D eigenvalue weighted by molar-refractivity contribution is 0.0916. The van der Waals surface area contributed by atoms with Gasteiger partial charge in [0.2, 0.25) is 0 Å². The number of hydrogen-bond acceptors (Lipinski definition) is 3. The van der Waals surface area contributed by atoms with E-state index in [-0.39, 0.29) is 11.7 Å². The fourth-order valence-electron chi connectivity index (χ4n) is 2.10. The Kier molecular flexibility index (Phi) is 3.81. The summed E-state index contributed by atoms with van der Waals surface area (Å²) in [4.78, 5) is 12.3. The number of benzene rings is 1. The first kappa shape index (κ1) is 13.2. The summed E-state index contributed by atoms with van der Waals surface area (Å²) in [5.74, 6) is 1.71. The predicted molar refractivity (Wildman–Crippen MR) is 70.8 cm³/mol. The summed E-state index contributed by atoms with van der Waals surface area (Å²) in [6.45, 7) is 1.97. The molecule has 2 rings (SSSR count). The van der Waals surface area contributed by atoms with Gasteiger partial charge in [0.1, 0.15) is 0 Å². The zero-order valence-corrected chi connectivity index (χ0v) is 11.6. The molecule has 1 atom stereocenters. The second-order valence-electron chi connectivity index (χ2n) is 4.68. The molecule has 1 saturated carbocycles. The number of hydrogen-bond donors (Lipinski definition) is 0. The summed E-state index contributed by atoms with van der Waals surface area (Å²) in [7, 11) is 3.09. The molecule has 18 heavy (non-hydrogen) atoms. The molecule has 0 bridgehead atoms. The highest BCUT2D eigenvalue weighted by Gasteiger charge is 2.34. The third kappa shape index (κ3) is 2.46. The second kappa shape index (κ2) is 5.19. The predicted octanol–water partition coefficient (Wildman–Crippen LogP) is 3.59. The van der Waals surface area contributed by atoms with Gasteiger partial charge < -0.3 is 9.47 Å². The summed E-state index contributed by atoms with van der Waals surface area (Å²) in [5.41, 5.74) is 0.522. The van der Waals surface area contributed by atoms with Crippen molar-refractivity contribution in [2.24, 2.45) is 11.8 Å². The fourth-order valence-corrected chi connectivity index (χ4v) is 2.35. The number of Topliss-reactive ketones (excluding diaryl/α,β-unsaturated/α-hetero) is 1. The van der Waals surface area contributed by atoms with E-state index in [0.29, 0.717) is 28.0 Å². The van der Waals surface area contributed by atoms with Crippen LogP contribution in [0.25, 0.3) is 0 Å². The Labute approximate surface area is 112 Å². The fraction of sp³-hybridized carbons (Fsp3) is 0.500. The SMILES string of the molecule is COc1cc(Cl)c(C(=O)C(C)C2CC2)cc1OC. The maximum absolute atomic E-state index is 12.3. The van der Waals surface area contributed by atoms with Crippen molar-refractivity contribution >= 4 is 17.4 Å². The van der Waals surface area contributed by atoms with Crippen molar-refractivity contribution < 1.29 is 14.3 Å². The minimum absolute atomic E-state index is 0.0283. The lowest BCUT2D eigenvalue weighted by Gasteiger charge is -2.14. The molecule has 0 spiro atoms. The van der Waals surface area contributed by atoms with Gasteiger partial charge in [-0.25, -0.2) is 0 Å². The van der Waals surface area contributed by atoms with Gasteiger partial charge in [0, 0.05) is 17.5 Å². The van der Waals surface area contributed by atoms with Crippen molar-refractivity contribution in [3.63, 3.8) is 0 Å². The quantitative estimate of drug-likeness (QED) is 0.766. The Balaban J connectivity index is 2.34. The molecule has 0 aromatic heterocycles. The highest BCUT2D eigenvalue weighted by molar-refractivity contribution is 6.34. The van der Waals surface area contributed by atoms with Gasteiger partial charge in [-0.15, -0.1) is 0 Å². The van der Waals surface area contributed by atoms with Crippen LogP contribution in [0.15, 0.2) is 12.1 Å². The molecule has 3 nitrogen and oxygen atoms in total. The van der Waals surface area contributed by atoms with Crippen LogP contribution in [0.2, 0.25) is 5.02 Å². The molecule has 0 heterocycles. The molecule has 1 fully saturated rings. The van der Waals surface area contributed by atoms with Crippen LogP contribution in [0.5, 0.6) is 11.5 Å². The third-order valence-corrected chi connectivity index (χ3v) is 3.79. The summed E-state index contributed by atoms with van der Waals surface area (Å²) < 4.78 is 10.4. The van der Waals surface area contributed by atoms with E-state index in [1.807, 2.05) is 6.92 Å². The van der Waals surface area contributed by atoms with Gasteiger partial charge in [-0.3, -0.25) is 4.79 Å². The number of rotatable bonds is 5. The van der Waals surface area contributed by atoms with Crippen LogP contribution in [0.3, 0.4) is 0 Å². The van der Waals surface area contributed by atoms with Gasteiger partial charge in [0.05, 0.1) is 19.2 Å². The van der Waals surface area contributed by atoms with Crippen molar-refractivity contribution in [3.8, 4) is 11.5 Å². The Hall–Kier alpha value is -1.22. The van der Waals surface area contributed by atoms with Gasteiger partial charge in [-0.05, 0) is 24.8 Å². The summed E-state index contributed by atoms with van der Waals surface area (Å²) in [6.07, 6.45) is 2.27. The van der Waals surface area contributed by atoms with Crippen molar-refractivity contribution in [3.05, 3.63) is 22.7 Å². The molecule has 0 N–H and O–H groups in total. The van der Waals surface area contributed by atoms with Crippen LogP contribution in [0, 0.1) is 11.8 Å². The van der Waals surface area contributed by atoms with E-state index in [1.165, 1.54) is 0 Å². The number of carbonyl (C=O) groups is 1. The van der Waals surface area contributed by atoms with E-state index in [0.717, 1.165) is 12.8 Å². The molecule has 0 aliphatic heterocycles. The van der Waals surface area contributed by atoms with Crippen LogP contribution in [0.4, 0.5) is 0 Å². The average Bonchev–Trinajstić information content (AvgIpc) is 3.20. The molecule has 0 saturated heterocycles.